The van der Waals surface area contributed by atoms with E-state index in [-0.39, 0.29) is 17.9 Å². The van der Waals surface area contributed by atoms with Crippen LogP contribution in [0.5, 0.6) is 0 Å². The molecule has 0 saturated carbocycles. The molecule has 0 spiro atoms. The Bertz CT molecular complexity index is 626. The Labute approximate surface area is 118 Å². The number of aryl methyl sites for hydroxylation is 1. The average molecular weight is 275 g/mol. The first-order valence-corrected chi connectivity index (χ1v) is 6.69. The van der Waals surface area contributed by atoms with Gasteiger partial charge in [-0.2, -0.15) is 0 Å². The van der Waals surface area contributed by atoms with Gasteiger partial charge in [0.25, 0.3) is 5.91 Å². The van der Waals surface area contributed by atoms with Crippen LogP contribution in [0.4, 0.5) is 0 Å². The number of imidazole rings is 1. The molecule has 0 aliphatic rings. The summed E-state index contributed by atoms with van der Waals surface area (Å²) in [5.74, 6) is -0.230. The third-order valence-corrected chi connectivity index (χ3v) is 3.34. The first-order valence-electron chi connectivity index (χ1n) is 6.69. The number of aliphatic hydroxyl groups is 1. The highest BCUT2D eigenvalue weighted by molar-refractivity contribution is 5.93. The van der Waals surface area contributed by atoms with Gasteiger partial charge in [-0.3, -0.25) is 9.20 Å². The zero-order chi connectivity index (χ0) is 14.9. The van der Waals surface area contributed by atoms with Crippen molar-refractivity contribution < 1.29 is 9.90 Å². The van der Waals surface area contributed by atoms with Gasteiger partial charge >= 0.3 is 0 Å². The summed E-state index contributed by atoms with van der Waals surface area (Å²) in [6, 6.07) is 3.82. The number of rotatable bonds is 3. The van der Waals surface area contributed by atoms with Gasteiger partial charge in [-0.15, -0.1) is 0 Å². The Hall–Kier alpha value is -1.88. The van der Waals surface area contributed by atoms with E-state index < -0.39 is 6.10 Å². The number of carbonyl (C=O) groups is 1. The van der Waals surface area contributed by atoms with E-state index >= 15 is 0 Å². The third-order valence-electron chi connectivity index (χ3n) is 3.34. The van der Waals surface area contributed by atoms with Crippen LogP contribution in [0.2, 0.25) is 0 Å². The third kappa shape index (κ3) is 2.99. The quantitative estimate of drug-likeness (QED) is 0.897. The molecule has 1 unspecified atom stereocenters. The van der Waals surface area contributed by atoms with Crippen molar-refractivity contribution in [3.8, 4) is 0 Å². The maximum Gasteiger partial charge on any atom is 0.270 e. The number of pyridine rings is 1. The van der Waals surface area contributed by atoms with Crippen LogP contribution in [-0.2, 0) is 0 Å². The van der Waals surface area contributed by atoms with Crippen LogP contribution < -0.4 is 5.32 Å². The van der Waals surface area contributed by atoms with E-state index in [0.717, 1.165) is 11.2 Å². The molecule has 0 aliphatic heterocycles. The Morgan fingerprint density at radius 1 is 1.45 bits per heavy atom. The molecule has 2 aromatic rings. The Morgan fingerprint density at radius 2 is 2.15 bits per heavy atom. The predicted octanol–water partition coefficient (Wildman–Crippen LogP) is 1.78. The summed E-state index contributed by atoms with van der Waals surface area (Å²) in [6.45, 7) is 7.98. The van der Waals surface area contributed by atoms with E-state index in [9.17, 15) is 9.90 Å². The Balaban J connectivity index is 2.14. The molecule has 0 aromatic carbocycles. The van der Waals surface area contributed by atoms with Crippen molar-refractivity contribution >= 4 is 11.6 Å². The zero-order valence-electron chi connectivity index (χ0n) is 12.3. The number of aromatic nitrogens is 2. The van der Waals surface area contributed by atoms with Crippen LogP contribution in [0.1, 0.15) is 36.8 Å². The molecule has 2 heterocycles. The second-order valence-corrected chi connectivity index (χ2v) is 6.17. The fourth-order valence-electron chi connectivity index (χ4n) is 1.84. The van der Waals surface area contributed by atoms with Crippen LogP contribution >= 0.6 is 0 Å². The van der Waals surface area contributed by atoms with E-state index in [4.69, 9.17) is 0 Å². The van der Waals surface area contributed by atoms with Crippen molar-refractivity contribution in [1.29, 1.82) is 0 Å². The Kier molecular flexibility index (Phi) is 3.81. The van der Waals surface area contributed by atoms with Crippen molar-refractivity contribution in [1.82, 2.24) is 14.7 Å². The van der Waals surface area contributed by atoms with Gasteiger partial charge in [-0.25, -0.2) is 4.98 Å². The van der Waals surface area contributed by atoms with E-state index in [1.807, 2.05) is 46.0 Å². The van der Waals surface area contributed by atoms with Crippen molar-refractivity contribution in [3.63, 3.8) is 0 Å². The topological polar surface area (TPSA) is 66.6 Å². The van der Waals surface area contributed by atoms with Crippen LogP contribution in [0.25, 0.3) is 5.65 Å². The molecular formula is C15H21N3O2. The van der Waals surface area contributed by atoms with Crippen LogP contribution in [0.3, 0.4) is 0 Å². The number of hydrogen-bond donors (Lipinski definition) is 2. The molecular weight excluding hydrogens is 254 g/mol. The molecule has 0 bridgehead atoms. The van der Waals surface area contributed by atoms with Gasteiger partial charge in [0.15, 0.2) is 0 Å². The lowest BCUT2D eigenvalue weighted by atomic mass is 9.89. The number of fused-ring (bicyclic) bond motifs is 1. The zero-order valence-corrected chi connectivity index (χ0v) is 12.3. The first kappa shape index (κ1) is 14.5. The number of amides is 1. The fraction of sp³-hybridized carbons (Fsp3) is 0.467. The number of nitrogens with one attached hydrogen (secondary N) is 1. The Morgan fingerprint density at radius 3 is 2.80 bits per heavy atom. The largest absolute Gasteiger partial charge is 0.391 e. The van der Waals surface area contributed by atoms with Crippen molar-refractivity contribution in [2.24, 2.45) is 5.41 Å². The fourth-order valence-corrected chi connectivity index (χ4v) is 1.84. The molecule has 0 radical (unpaired) electrons. The van der Waals surface area contributed by atoms with Crippen LogP contribution in [0, 0.1) is 12.3 Å². The summed E-state index contributed by atoms with van der Waals surface area (Å²) in [5.41, 5.74) is 2.00. The minimum absolute atomic E-state index is 0.224. The lowest BCUT2D eigenvalue weighted by Crippen LogP contribution is -2.39. The van der Waals surface area contributed by atoms with Gasteiger partial charge in [0.05, 0.1) is 12.3 Å². The number of hydrogen-bond acceptors (Lipinski definition) is 3. The van der Waals surface area contributed by atoms with Gasteiger partial charge in [0, 0.05) is 12.7 Å². The van der Waals surface area contributed by atoms with E-state index in [0.29, 0.717) is 5.69 Å². The number of aliphatic hydroxyl groups excluding tert-OH is 1. The molecule has 1 amide bonds. The van der Waals surface area contributed by atoms with Gasteiger partial charge in [0.1, 0.15) is 11.3 Å². The maximum absolute atomic E-state index is 12.2. The smallest absolute Gasteiger partial charge is 0.270 e. The molecule has 20 heavy (non-hydrogen) atoms. The van der Waals surface area contributed by atoms with Gasteiger partial charge in [0.2, 0.25) is 0 Å². The molecule has 0 saturated heterocycles. The summed E-state index contributed by atoms with van der Waals surface area (Å²) >= 11 is 0. The number of carbonyl (C=O) groups excluding carboxylic acids is 1. The average Bonchev–Trinajstić information content (AvgIpc) is 2.77. The minimum atomic E-state index is -0.590. The molecule has 108 valence electrons. The van der Waals surface area contributed by atoms with Crippen molar-refractivity contribution in [2.75, 3.05) is 6.54 Å². The monoisotopic (exact) mass is 275 g/mol. The normalized spacial score (nSPS) is 13.4. The standard InChI is InChI=1S/C15H21N3O2/c1-10-5-6-13-16-7-11(18(13)9-10)14(20)17-8-12(19)15(2,3)4/h5-7,9,12,19H,8H2,1-4H3,(H,17,20). The van der Waals surface area contributed by atoms with E-state index in [2.05, 4.69) is 10.3 Å². The van der Waals surface area contributed by atoms with E-state index in [1.165, 1.54) is 0 Å². The first-order chi connectivity index (χ1) is 9.29. The molecule has 2 rings (SSSR count). The van der Waals surface area contributed by atoms with Gasteiger partial charge < -0.3 is 10.4 Å². The SMILES string of the molecule is Cc1ccc2ncc(C(=O)NCC(O)C(C)(C)C)n2c1. The molecule has 1 atom stereocenters. The summed E-state index contributed by atoms with van der Waals surface area (Å²) in [5, 5.41) is 12.7. The lowest BCUT2D eigenvalue weighted by molar-refractivity contribution is 0.0585. The summed E-state index contributed by atoms with van der Waals surface area (Å²) in [6.07, 6.45) is 2.83. The van der Waals surface area contributed by atoms with Crippen molar-refractivity contribution in [2.45, 2.75) is 33.8 Å². The second kappa shape index (κ2) is 5.25. The molecule has 2 aromatic heterocycles. The van der Waals surface area contributed by atoms with Gasteiger partial charge in [-0.05, 0) is 24.0 Å². The van der Waals surface area contributed by atoms with Crippen LogP contribution in [-0.4, -0.2) is 33.0 Å². The molecule has 5 heteroatoms. The molecule has 2 N–H and O–H groups in total. The summed E-state index contributed by atoms with van der Waals surface area (Å²) in [7, 11) is 0. The van der Waals surface area contributed by atoms with Crippen LogP contribution in [0.15, 0.2) is 24.5 Å². The predicted molar refractivity (Wildman–Crippen MR) is 77.7 cm³/mol. The maximum atomic E-state index is 12.2. The second-order valence-electron chi connectivity index (χ2n) is 6.17. The minimum Gasteiger partial charge on any atom is -0.391 e. The highest BCUT2D eigenvalue weighted by atomic mass is 16.3. The summed E-state index contributed by atoms with van der Waals surface area (Å²) < 4.78 is 1.76. The van der Waals surface area contributed by atoms with Gasteiger partial charge in [-0.1, -0.05) is 26.8 Å². The molecule has 0 fully saturated rings. The number of nitrogens with zero attached hydrogens (tertiary/aromatic N) is 2. The molecule has 5 nitrogen and oxygen atoms in total. The van der Waals surface area contributed by atoms with Crippen molar-refractivity contribution in [3.05, 3.63) is 35.8 Å². The summed E-state index contributed by atoms with van der Waals surface area (Å²) in [4.78, 5) is 16.4. The highest BCUT2D eigenvalue weighted by Gasteiger charge is 2.23. The lowest BCUT2D eigenvalue weighted by Gasteiger charge is -2.25. The van der Waals surface area contributed by atoms with E-state index in [1.54, 1.807) is 10.6 Å². The molecule has 0 aliphatic carbocycles. The highest BCUT2D eigenvalue weighted by Crippen LogP contribution is 2.18.